The third kappa shape index (κ3) is 5.77. The largest absolute Gasteiger partial charge is 0.339 e. The van der Waals surface area contributed by atoms with Gasteiger partial charge >= 0.3 is 6.03 Å². The summed E-state index contributed by atoms with van der Waals surface area (Å²) < 4.78 is 0. The van der Waals surface area contributed by atoms with Crippen LogP contribution in [-0.4, -0.2) is 103 Å². The van der Waals surface area contributed by atoms with Gasteiger partial charge in [0, 0.05) is 84.4 Å². The molecule has 3 amide bonds. The average Bonchev–Trinajstić information content (AvgIpc) is 3.41. The number of piperazine rings is 2. The van der Waals surface area contributed by atoms with Crippen LogP contribution < -0.4 is 16.0 Å². The number of likely N-dealkylation sites (N-methyl/N-ethyl adjacent to an activating group) is 1. The van der Waals surface area contributed by atoms with Gasteiger partial charge in [0.25, 0.3) is 5.91 Å². The molecule has 10 nitrogen and oxygen atoms in total. The van der Waals surface area contributed by atoms with E-state index in [0.717, 1.165) is 32.1 Å². The Bertz CT molecular complexity index is 1110. The zero-order chi connectivity index (χ0) is 24.9. The van der Waals surface area contributed by atoms with Crippen molar-refractivity contribution in [3.63, 3.8) is 0 Å². The number of anilines is 2. The van der Waals surface area contributed by atoms with Crippen molar-refractivity contribution >= 4 is 29.3 Å². The number of nitrogens with one attached hydrogen (secondary N) is 3. The molecule has 2 saturated heterocycles. The number of rotatable bonds is 4. The fraction of sp³-hybridized carbons (Fsp3) is 0.385. The summed E-state index contributed by atoms with van der Waals surface area (Å²) in [5.74, 6) is 0.664. The molecule has 193 valence electrons. The lowest BCUT2D eigenvalue weighted by atomic mass is 10.2. The zero-order valence-corrected chi connectivity index (χ0v) is 20.6. The topological polar surface area (TPSA) is 95.5 Å². The standard InChI is InChI=1S/C26H33N8O2.2H2/c1-31-10-12-32(13-11-31)23-7-6-20(18-23)24(35)29-21-4-2-5-22(19-21)30-26(36)34-16-14-33(15-17-34)25-27-8-3-9-28-25;;/h2-9,18-19,23H,10-17H2,1H3,(H,27,28)(H,29,35)(H,30,36);2*1H. The van der Waals surface area contributed by atoms with Crippen molar-refractivity contribution in [3.05, 3.63) is 66.9 Å². The van der Waals surface area contributed by atoms with Crippen molar-refractivity contribution in [1.82, 2.24) is 24.9 Å². The van der Waals surface area contributed by atoms with Gasteiger partial charge in [-0.3, -0.25) is 9.69 Å². The first-order valence-electron chi connectivity index (χ1n) is 12.4. The van der Waals surface area contributed by atoms with Crippen molar-refractivity contribution in [2.45, 2.75) is 6.04 Å². The Hall–Kier alpha value is -3.63. The van der Waals surface area contributed by atoms with Crippen LogP contribution in [-0.2, 0) is 4.79 Å². The molecule has 5 rings (SSSR count). The summed E-state index contributed by atoms with van der Waals surface area (Å²) in [4.78, 5) is 38.6. The SMILES string of the molecule is CN1CCN(C2C=CC(C(=O)Nc3cccc(NC(=O)N4CCN(C5=N[CH]C=CN5)CC4)c3)=C2)CC1.[HH].[HH]. The molecule has 4 aliphatic rings. The van der Waals surface area contributed by atoms with E-state index in [1.807, 2.05) is 42.6 Å². The van der Waals surface area contributed by atoms with Crippen LogP contribution in [0.25, 0.3) is 0 Å². The minimum atomic E-state index is -0.153. The molecule has 0 bridgehead atoms. The molecule has 1 radical (unpaired) electrons. The smallest absolute Gasteiger partial charge is 0.321 e. The highest BCUT2D eigenvalue weighted by atomic mass is 16.2. The second-order valence-electron chi connectivity index (χ2n) is 9.36. The van der Waals surface area contributed by atoms with Crippen molar-refractivity contribution in [1.29, 1.82) is 0 Å². The van der Waals surface area contributed by atoms with E-state index < -0.39 is 0 Å². The number of amides is 3. The molecule has 3 heterocycles. The fourth-order valence-corrected chi connectivity index (χ4v) is 4.69. The van der Waals surface area contributed by atoms with Crippen LogP contribution in [0.3, 0.4) is 0 Å². The van der Waals surface area contributed by atoms with Gasteiger partial charge in [-0.25, -0.2) is 9.79 Å². The van der Waals surface area contributed by atoms with Gasteiger partial charge in [-0.2, -0.15) is 0 Å². The molecule has 1 aliphatic carbocycles. The van der Waals surface area contributed by atoms with Crippen LogP contribution in [0.1, 0.15) is 2.85 Å². The zero-order valence-electron chi connectivity index (χ0n) is 20.6. The molecule has 10 heteroatoms. The van der Waals surface area contributed by atoms with Crippen LogP contribution >= 0.6 is 0 Å². The molecule has 0 saturated carbocycles. The van der Waals surface area contributed by atoms with E-state index in [2.05, 4.69) is 48.8 Å². The van der Waals surface area contributed by atoms with E-state index in [1.54, 1.807) is 17.5 Å². The predicted octanol–water partition coefficient (Wildman–Crippen LogP) is 2.01. The third-order valence-electron chi connectivity index (χ3n) is 6.87. The Morgan fingerprint density at radius 3 is 2.50 bits per heavy atom. The van der Waals surface area contributed by atoms with Gasteiger partial charge in [-0.1, -0.05) is 24.3 Å². The molecule has 1 aromatic carbocycles. The normalized spacial score (nSPS) is 22.6. The summed E-state index contributed by atoms with van der Waals surface area (Å²) in [7, 11) is 2.13. The maximum atomic E-state index is 12.9. The van der Waals surface area contributed by atoms with Gasteiger partial charge in [0.05, 0.1) is 6.54 Å². The number of carbonyl (C=O) groups is 2. The van der Waals surface area contributed by atoms with E-state index in [0.29, 0.717) is 43.1 Å². The molecular weight excluding hydrogens is 456 g/mol. The van der Waals surface area contributed by atoms with Crippen molar-refractivity contribution < 1.29 is 12.4 Å². The van der Waals surface area contributed by atoms with Gasteiger partial charge in [-0.15, -0.1) is 0 Å². The van der Waals surface area contributed by atoms with Crippen molar-refractivity contribution in [2.24, 2.45) is 4.99 Å². The van der Waals surface area contributed by atoms with Crippen LogP contribution in [0.2, 0.25) is 0 Å². The lowest BCUT2D eigenvalue weighted by Crippen LogP contribution is -2.54. The predicted molar refractivity (Wildman–Crippen MR) is 146 cm³/mol. The van der Waals surface area contributed by atoms with Gasteiger partial charge < -0.3 is 30.7 Å². The van der Waals surface area contributed by atoms with Crippen molar-refractivity contribution in [2.75, 3.05) is 70.0 Å². The first-order valence-corrected chi connectivity index (χ1v) is 12.4. The quantitative estimate of drug-likeness (QED) is 0.594. The molecule has 1 aromatic rings. The summed E-state index contributed by atoms with van der Waals surface area (Å²) in [6.45, 7) is 8.42. The number of nitrogens with zero attached hydrogens (tertiary/aromatic N) is 5. The van der Waals surface area contributed by atoms with E-state index in [-0.39, 0.29) is 20.8 Å². The Kier molecular flexibility index (Phi) is 7.33. The minimum absolute atomic E-state index is 0. The molecule has 3 N–H and O–H groups in total. The van der Waals surface area contributed by atoms with E-state index >= 15 is 0 Å². The van der Waals surface area contributed by atoms with Gasteiger partial charge in [0.2, 0.25) is 0 Å². The highest BCUT2D eigenvalue weighted by Crippen LogP contribution is 2.21. The number of benzene rings is 1. The van der Waals surface area contributed by atoms with Gasteiger partial charge in [0.1, 0.15) is 0 Å². The molecule has 1 unspecified atom stereocenters. The van der Waals surface area contributed by atoms with Crippen LogP contribution in [0.15, 0.2) is 65.3 Å². The fourth-order valence-electron chi connectivity index (χ4n) is 4.69. The molecule has 0 aromatic heterocycles. The first kappa shape index (κ1) is 24.1. The summed E-state index contributed by atoms with van der Waals surface area (Å²) in [6, 6.07) is 7.27. The van der Waals surface area contributed by atoms with Crippen molar-refractivity contribution in [3.8, 4) is 0 Å². The highest BCUT2D eigenvalue weighted by molar-refractivity contribution is 6.06. The summed E-state index contributed by atoms with van der Waals surface area (Å²) in [5.41, 5.74) is 1.95. The summed E-state index contributed by atoms with van der Waals surface area (Å²) in [6.07, 6.45) is 9.69. The average molecular weight is 494 g/mol. The lowest BCUT2D eigenvalue weighted by molar-refractivity contribution is -0.112. The number of guanidine groups is 1. The Morgan fingerprint density at radius 1 is 1.03 bits per heavy atom. The number of urea groups is 1. The van der Waals surface area contributed by atoms with Crippen LogP contribution in [0.5, 0.6) is 0 Å². The minimum Gasteiger partial charge on any atom is -0.339 e. The third-order valence-corrected chi connectivity index (χ3v) is 6.87. The van der Waals surface area contributed by atoms with Crippen LogP contribution in [0, 0.1) is 6.54 Å². The number of carbonyl (C=O) groups excluding carboxylic acids is 2. The number of aliphatic imine (C=N–C) groups is 1. The summed E-state index contributed by atoms with van der Waals surface area (Å²) in [5, 5.41) is 9.06. The first-order chi connectivity index (χ1) is 17.5. The Labute approximate surface area is 215 Å². The van der Waals surface area contributed by atoms with Gasteiger partial charge in [-0.05, 0) is 31.3 Å². The lowest BCUT2D eigenvalue weighted by Gasteiger charge is -2.36. The van der Waals surface area contributed by atoms with E-state index in [9.17, 15) is 9.59 Å². The monoisotopic (exact) mass is 493 g/mol. The maximum absolute atomic E-state index is 12.9. The van der Waals surface area contributed by atoms with Crippen LogP contribution in [0.4, 0.5) is 16.2 Å². The second-order valence-corrected chi connectivity index (χ2v) is 9.36. The number of hydrogen-bond donors (Lipinski definition) is 3. The maximum Gasteiger partial charge on any atom is 0.321 e. The molecule has 3 aliphatic heterocycles. The number of hydrogen-bond acceptors (Lipinski definition) is 7. The van der Waals surface area contributed by atoms with Gasteiger partial charge in [0.15, 0.2) is 5.96 Å². The van der Waals surface area contributed by atoms with E-state index in [1.165, 1.54) is 0 Å². The molecular formula is C26H37N8O2. The molecule has 2 fully saturated rings. The summed E-state index contributed by atoms with van der Waals surface area (Å²) >= 11 is 0. The second kappa shape index (κ2) is 11.0. The highest BCUT2D eigenvalue weighted by Gasteiger charge is 2.25. The molecule has 1 atom stereocenters. The Morgan fingerprint density at radius 2 is 1.78 bits per heavy atom. The van der Waals surface area contributed by atoms with E-state index in [4.69, 9.17) is 0 Å². The molecule has 0 spiro atoms. The molecule has 36 heavy (non-hydrogen) atoms. The Balaban J connectivity index is 0.00000200.